The third-order valence-electron chi connectivity index (χ3n) is 5.74. The molecule has 0 radical (unpaired) electrons. The molecule has 0 unspecified atom stereocenters. The fraction of sp³-hybridized carbons (Fsp3) is 0.478. The summed E-state index contributed by atoms with van der Waals surface area (Å²) in [5.74, 6) is 0.906. The lowest BCUT2D eigenvalue weighted by Crippen LogP contribution is -2.37. The highest BCUT2D eigenvalue weighted by Crippen LogP contribution is 2.40. The number of anilines is 1. The maximum Gasteiger partial charge on any atom is 0.165 e. The summed E-state index contributed by atoms with van der Waals surface area (Å²) in [6.45, 7) is 9.39. The van der Waals surface area contributed by atoms with Gasteiger partial charge in [-0.1, -0.05) is 30.1 Å². The van der Waals surface area contributed by atoms with E-state index in [1.165, 1.54) is 0 Å². The van der Waals surface area contributed by atoms with Crippen LogP contribution in [0.3, 0.4) is 0 Å². The third-order valence-corrected chi connectivity index (χ3v) is 6.33. The number of fused-ring (bicyclic) bond motifs is 1. The number of nitrogens with one attached hydrogen (secondary N) is 2. The van der Waals surface area contributed by atoms with Crippen LogP contribution >= 0.6 is 35.6 Å². The Kier molecular flexibility index (Phi) is 8.64. The lowest BCUT2D eigenvalue weighted by molar-refractivity contribution is 0.0784. The molecule has 3 aromatic rings. The molecule has 0 saturated carbocycles. The van der Waals surface area contributed by atoms with Gasteiger partial charge in [-0.15, -0.1) is 12.4 Å². The largest absolute Gasteiger partial charge is 0.381 e. The molecule has 174 valence electrons. The van der Waals surface area contributed by atoms with E-state index in [9.17, 15) is 0 Å². The van der Waals surface area contributed by atoms with E-state index in [0.29, 0.717) is 16.1 Å². The number of nitrogens with zero attached hydrogens (tertiary/aromatic N) is 3. The molecule has 1 aliphatic heterocycles. The SMILES string of the molecule is CCc1cc(Cl)c(-c2c(C)nn3c(NCCNC4CCOCC4)cc(C)nc23)c(Cl)c1.Cl. The number of benzene rings is 1. The number of hydrogen-bond donors (Lipinski definition) is 2. The van der Waals surface area contributed by atoms with Gasteiger partial charge in [0.2, 0.25) is 0 Å². The zero-order valence-electron chi connectivity index (χ0n) is 18.7. The van der Waals surface area contributed by atoms with Crippen molar-refractivity contribution in [2.45, 2.75) is 46.1 Å². The van der Waals surface area contributed by atoms with E-state index in [-0.39, 0.29) is 12.4 Å². The van der Waals surface area contributed by atoms with Crippen molar-refractivity contribution in [3.8, 4) is 11.1 Å². The Morgan fingerprint density at radius 1 is 1.06 bits per heavy atom. The van der Waals surface area contributed by atoms with E-state index >= 15 is 0 Å². The Morgan fingerprint density at radius 3 is 2.41 bits per heavy atom. The van der Waals surface area contributed by atoms with Crippen LogP contribution in [0.25, 0.3) is 16.8 Å². The first-order valence-corrected chi connectivity index (χ1v) is 11.6. The van der Waals surface area contributed by atoms with Crippen LogP contribution in [0.1, 0.15) is 36.7 Å². The van der Waals surface area contributed by atoms with Crippen molar-refractivity contribution in [1.29, 1.82) is 0 Å². The van der Waals surface area contributed by atoms with Crippen molar-refractivity contribution < 1.29 is 4.74 Å². The average Bonchev–Trinajstić information content (AvgIpc) is 3.07. The highest BCUT2D eigenvalue weighted by molar-refractivity contribution is 6.39. The summed E-state index contributed by atoms with van der Waals surface area (Å²) in [5, 5.41) is 13.1. The van der Waals surface area contributed by atoms with Gasteiger partial charge in [0.05, 0.1) is 21.3 Å². The first-order chi connectivity index (χ1) is 15.0. The Bertz CT molecular complexity index is 1060. The minimum Gasteiger partial charge on any atom is -0.381 e. The Morgan fingerprint density at radius 2 is 1.75 bits per heavy atom. The van der Waals surface area contributed by atoms with Crippen molar-refractivity contribution in [3.05, 3.63) is 45.2 Å². The predicted octanol–water partition coefficient (Wildman–Crippen LogP) is 5.48. The van der Waals surface area contributed by atoms with Crippen LogP contribution in [0.2, 0.25) is 10.0 Å². The van der Waals surface area contributed by atoms with Gasteiger partial charge >= 0.3 is 0 Å². The normalized spacial score (nSPS) is 14.5. The molecule has 0 atom stereocenters. The minimum absolute atomic E-state index is 0. The second-order valence-electron chi connectivity index (χ2n) is 8.03. The summed E-state index contributed by atoms with van der Waals surface area (Å²) in [4.78, 5) is 4.77. The lowest BCUT2D eigenvalue weighted by atomic mass is 10.0. The molecule has 32 heavy (non-hydrogen) atoms. The summed E-state index contributed by atoms with van der Waals surface area (Å²) in [5.41, 5.74) is 5.28. The molecule has 0 spiro atoms. The van der Waals surface area contributed by atoms with Crippen molar-refractivity contribution in [2.24, 2.45) is 0 Å². The molecule has 0 aliphatic carbocycles. The van der Waals surface area contributed by atoms with E-state index in [2.05, 4.69) is 17.6 Å². The average molecular weight is 499 g/mol. The summed E-state index contributed by atoms with van der Waals surface area (Å²) < 4.78 is 7.28. The van der Waals surface area contributed by atoms with E-state index in [4.69, 9.17) is 38.0 Å². The first kappa shape index (κ1) is 25.1. The molecule has 1 fully saturated rings. The monoisotopic (exact) mass is 497 g/mol. The number of rotatable bonds is 7. The summed E-state index contributed by atoms with van der Waals surface area (Å²) in [6, 6.07) is 6.50. The topological polar surface area (TPSA) is 63.5 Å². The van der Waals surface area contributed by atoms with E-state index in [1.807, 2.05) is 36.6 Å². The number of hydrogen-bond acceptors (Lipinski definition) is 5. The smallest absolute Gasteiger partial charge is 0.165 e. The summed E-state index contributed by atoms with van der Waals surface area (Å²) >= 11 is 13.3. The van der Waals surface area contributed by atoms with Crippen molar-refractivity contribution in [3.63, 3.8) is 0 Å². The van der Waals surface area contributed by atoms with Crippen LogP contribution in [0.15, 0.2) is 18.2 Å². The van der Waals surface area contributed by atoms with E-state index < -0.39 is 0 Å². The molecule has 0 bridgehead atoms. The second kappa shape index (κ2) is 11.0. The number of aromatic nitrogens is 3. The van der Waals surface area contributed by atoms with Gasteiger partial charge in [0, 0.05) is 49.7 Å². The summed E-state index contributed by atoms with van der Waals surface area (Å²) in [6.07, 6.45) is 3.01. The molecule has 9 heteroatoms. The Balaban J connectivity index is 0.00000289. The molecule has 1 aliphatic rings. The molecule has 0 amide bonds. The van der Waals surface area contributed by atoms with Gasteiger partial charge < -0.3 is 15.4 Å². The zero-order valence-corrected chi connectivity index (χ0v) is 21.0. The van der Waals surface area contributed by atoms with Crippen LogP contribution in [0, 0.1) is 13.8 Å². The second-order valence-corrected chi connectivity index (χ2v) is 8.85. The fourth-order valence-electron chi connectivity index (χ4n) is 4.10. The van der Waals surface area contributed by atoms with Crippen molar-refractivity contribution in [2.75, 3.05) is 31.6 Å². The molecule has 1 saturated heterocycles. The first-order valence-electron chi connectivity index (χ1n) is 10.9. The van der Waals surface area contributed by atoms with Crippen molar-refractivity contribution in [1.82, 2.24) is 19.9 Å². The van der Waals surface area contributed by atoms with Gasteiger partial charge in [0.15, 0.2) is 5.65 Å². The van der Waals surface area contributed by atoms with Gasteiger partial charge in [-0.25, -0.2) is 4.98 Å². The number of ether oxygens (including phenoxy) is 1. The third kappa shape index (κ3) is 5.32. The van der Waals surface area contributed by atoms with Crippen LogP contribution in [-0.2, 0) is 11.2 Å². The number of aryl methyl sites for hydroxylation is 3. The molecule has 2 aromatic heterocycles. The predicted molar refractivity (Wildman–Crippen MR) is 135 cm³/mol. The maximum atomic E-state index is 6.65. The summed E-state index contributed by atoms with van der Waals surface area (Å²) in [7, 11) is 0. The van der Waals surface area contributed by atoms with Gasteiger partial charge in [-0.2, -0.15) is 9.61 Å². The molecular weight excluding hydrogens is 469 g/mol. The zero-order chi connectivity index (χ0) is 22.0. The van der Waals surface area contributed by atoms with Crippen LogP contribution in [0.4, 0.5) is 5.82 Å². The van der Waals surface area contributed by atoms with Gasteiger partial charge in [-0.3, -0.25) is 0 Å². The molecule has 2 N–H and O–H groups in total. The van der Waals surface area contributed by atoms with Crippen LogP contribution in [0.5, 0.6) is 0 Å². The van der Waals surface area contributed by atoms with Gasteiger partial charge in [0.25, 0.3) is 0 Å². The fourth-order valence-corrected chi connectivity index (χ4v) is 4.82. The van der Waals surface area contributed by atoms with E-state index in [0.717, 1.165) is 85.1 Å². The molecule has 6 nitrogen and oxygen atoms in total. The van der Waals surface area contributed by atoms with Gasteiger partial charge in [0.1, 0.15) is 5.82 Å². The van der Waals surface area contributed by atoms with Crippen molar-refractivity contribution >= 4 is 47.1 Å². The van der Waals surface area contributed by atoms with Crippen LogP contribution in [-0.4, -0.2) is 46.9 Å². The maximum absolute atomic E-state index is 6.65. The molecule has 4 rings (SSSR count). The van der Waals surface area contributed by atoms with E-state index in [1.54, 1.807) is 0 Å². The highest BCUT2D eigenvalue weighted by atomic mass is 35.5. The molecule has 1 aromatic carbocycles. The number of halogens is 3. The Hall–Kier alpha value is -1.57. The quantitative estimate of drug-likeness (QED) is 0.422. The molecule has 3 heterocycles. The van der Waals surface area contributed by atoms with Gasteiger partial charge in [-0.05, 0) is 50.8 Å². The lowest BCUT2D eigenvalue weighted by Gasteiger charge is -2.23. The minimum atomic E-state index is 0. The Labute approximate surface area is 205 Å². The highest BCUT2D eigenvalue weighted by Gasteiger charge is 2.21. The molecular formula is C23H30Cl3N5O. The van der Waals surface area contributed by atoms with Crippen LogP contribution < -0.4 is 10.6 Å². The standard InChI is InChI=1S/C23H29Cl2N5O.ClH/c1-4-16-12-18(24)22(19(25)13-16)21-15(3)29-30-20(11-14(2)28-23(21)30)27-8-7-26-17-5-9-31-10-6-17;/h11-13,17,26-27H,4-10H2,1-3H3;1H.